The molecule has 0 N–H and O–H groups in total. The van der Waals surface area contributed by atoms with Gasteiger partial charge in [0, 0.05) is 25.7 Å². The Hall–Kier alpha value is -2.22. The van der Waals surface area contributed by atoms with E-state index in [1.165, 1.54) is 25.9 Å². The number of hydrogen-bond donors (Lipinski definition) is 0. The van der Waals surface area contributed by atoms with Crippen LogP contribution in [-0.2, 0) is 6.54 Å². The van der Waals surface area contributed by atoms with Gasteiger partial charge in [-0.15, -0.1) is 5.10 Å². The van der Waals surface area contributed by atoms with E-state index < -0.39 is 0 Å². The molecular weight excluding hydrogens is 318 g/mol. The first-order valence-corrected chi connectivity index (χ1v) is 9.06. The number of nitrogens with zero attached hydrogens (tertiary/aromatic N) is 7. The Balaban J connectivity index is 1.34. The van der Waals surface area contributed by atoms with Gasteiger partial charge in [0.1, 0.15) is 12.1 Å². The number of ether oxygens (including phenoxy) is 1. The molecule has 0 aromatic carbocycles. The van der Waals surface area contributed by atoms with Crippen LogP contribution >= 0.6 is 0 Å². The largest absolute Gasteiger partial charge is 0.481 e. The van der Waals surface area contributed by atoms with E-state index in [0.717, 1.165) is 44.0 Å². The van der Waals surface area contributed by atoms with Gasteiger partial charge in [0.15, 0.2) is 0 Å². The summed E-state index contributed by atoms with van der Waals surface area (Å²) in [6.07, 6.45) is 8.38. The number of likely N-dealkylation sites (tertiary alicyclic amines) is 1. The molecule has 4 heterocycles. The van der Waals surface area contributed by atoms with Gasteiger partial charge in [-0.2, -0.15) is 0 Å². The van der Waals surface area contributed by atoms with E-state index >= 15 is 0 Å². The predicted molar refractivity (Wildman–Crippen MR) is 93.6 cm³/mol. The molecule has 0 radical (unpaired) electrons. The minimum Gasteiger partial charge on any atom is -0.481 e. The smallest absolute Gasteiger partial charge is 0.218 e. The summed E-state index contributed by atoms with van der Waals surface area (Å²) in [5.74, 6) is 1.54. The standard InChI is InChI=1S/C17H25N7O/c1-25-17-10-16(18-13-19-17)23-8-4-15(5-9-23)24-12-14(20-21-24)11-22-6-2-3-7-22/h10,12-13,15H,2-9,11H2,1H3. The first-order chi connectivity index (χ1) is 12.3. The zero-order valence-electron chi connectivity index (χ0n) is 14.7. The molecule has 25 heavy (non-hydrogen) atoms. The lowest BCUT2D eigenvalue weighted by atomic mass is 10.1. The molecule has 2 aliphatic heterocycles. The van der Waals surface area contributed by atoms with Gasteiger partial charge in [0.25, 0.3) is 0 Å². The molecule has 0 amide bonds. The van der Waals surface area contributed by atoms with Crippen LogP contribution in [0.4, 0.5) is 5.82 Å². The minimum atomic E-state index is 0.416. The second kappa shape index (κ2) is 7.35. The predicted octanol–water partition coefficient (Wildman–Crippen LogP) is 1.51. The number of hydrogen-bond acceptors (Lipinski definition) is 7. The number of piperidine rings is 1. The van der Waals surface area contributed by atoms with E-state index in [0.29, 0.717) is 11.9 Å². The fourth-order valence-corrected chi connectivity index (χ4v) is 3.71. The van der Waals surface area contributed by atoms with Crippen molar-refractivity contribution in [1.29, 1.82) is 0 Å². The van der Waals surface area contributed by atoms with E-state index in [-0.39, 0.29) is 0 Å². The van der Waals surface area contributed by atoms with Crippen LogP contribution in [-0.4, -0.2) is 63.2 Å². The minimum absolute atomic E-state index is 0.416. The van der Waals surface area contributed by atoms with E-state index in [2.05, 4.69) is 41.0 Å². The highest BCUT2D eigenvalue weighted by Gasteiger charge is 2.23. The monoisotopic (exact) mass is 343 g/mol. The summed E-state index contributed by atoms with van der Waals surface area (Å²) in [6, 6.07) is 2.31. The maximum Gasteiger partial charge on any atom is 0.218 e. The summed E-state index contributed by atoms with van der Waals surface area (Å²) >= 11 is 0. The zero-order valence-corrected chi connectivity index (χ0v) is 14.7. The molecule has 2 aromatic heterocycles. The van der Waals surface area contributed by atoms with Gasteiger partial charge >= 0.3 is 0 Å². The lowest BCUT2D eigenvalue weighted by molar-refractivity contribution is 0.327. The highest BCUT2D eigenvalue weighted by Crippen LogP contribution is 2.26. The van der Waals surface area contributed by atoms with Crippen molar-refractivity contribution in [1.82, 2.24) is 29.9 Å². The average Bonchev–Trinajstić information content (AvgIpc) is 3.34. The topological polar surface area (TPSA) is 72.2 Å². The van der Waals surface area contributed by atoms with Crippen molar-refractivity contribution >= 4 is 5.82 Å². The van der Waals surface area contributed by atoms with Crippen LogP contribution in [0.25, 0.3) is 0 Å². The maximum absolute atomic E-state index is 5.19. The molecular formula is C17H25N7O. The van der Waals surface area contributed by atoms with Crippen LogP contribution in [0.2, 0.25) is 0 Å². The van der Waals surface area contributed by atoms with Gasteiger partial charge in [0.2, 0.25) is 5.88 Å². The lowest BCUT2D eigenvalue weighted by Crippen LogP contribution is -2.35. The molecule has 0 atom stereocenters. The second-order valence-corrected chi connectivity index (χ2v) is 6.81. The third-order valence-electron chi connectivity index (χ3n) is 5.14. The molecule has 0 bridgehead atoms. The van der Waals surface area contributed by atoms with Crippen LogP contribution in [0.5, 0.6) is 5.88 Å². The molecule has 0 spiro atoms. The molecule has 2 aromatic rings. The Morgan fingerprint density at radius 2 is 1.92 bits per heavy atom. The van der Waals surface area contributed by atoms with Crippen molar-refractivity contribution in [2.45, 2.75) is 38.3 Å². The summed E-state index contributed by atoms with van der Waals surface area (Å²) in [5.41, 5.74) is 1.09. The Labute approximate surface area is 147 Å². The quantitative estimate of drug-likeness (QED) is 0.815. The molecule has 2 aliphatic rings. The van der Waals surface area contributed by atoms with E-state index in [1.54, 1.807) is 13.4 Å². The molecule has 0 saturated carbocycles. The van der Waals surface area contributed by atoms with Gasteiger partial charge in [-0.3, -0.25) is 4.90 Å². The average molecular weight is 343 g/mol. The van der Waals surface area contributed by atoms with Crippen LogP contribution in [0.3, 0.4) is 0 Å². The number of methoxy groups -OCH3 is 1. The highest BCUT2D eigenvalue weighted by atomic mass is 16.5. The second-order valence-electron chi connectivity index (χ2n) is 6.81. The normalized spacial score (nSPS) is 19.5. The Bertz CT molecular complexity index is 690. The first kappa shape index (κ1) is 16.3. The van der Waals surface area contributed by atoms with E-state index in [4.69, 9.17) is 4.74 Å². The molecule has 0 unspecified atom stereocenters. The lowest BCUT2D eigenvalue weighted by Gasteiger charge is -2.32. The Kier molecular flexibility index (Phi) is 4.78. The zero-order chi connectivity index (χ0) is 17.1. The molecule has 2 fully saturated rings. The number of rotatable bonds is 5. The van der Waals surface area contributed by atoms with Crippen molar-refractivity contribution in [3.63, 3.8) is 0 Å². The third kappa shape index (κ3) is 3.73. The summed E-state index contributed by atoms with van der Waals surface area (Å²) in [4.78, 5) is 13.2. The molecule has 2 saturated heterocycles. The van der Waals surface area contributed by atoms with Crippen molar-refractivity contribution in [3.05, 3.63) is 24.3 Å². The highest BCUT2D eigenvalue weighted by molar-refractivity contribution is 5.41. The van der Waals surface area contributed by atoms with Crippen LogP contribution < -0.4 is 9.64 Å². The Morgan fingerprint density at radius 1 is 1.12 bits per heavy atom. The van der Waals surface area contributed by atoms with Crippen LogP contribution in [0.15, 0.2) is 18.6 Å². The molecule has 8 heteroatoms. The number of aromatic nitrogens is 5. The van der Waals surface area contributed by atoms with Gasteiger partial charge in [-0.05, 0) is 38.8 Å². The van der Waals surface area contributed by atoms with Crippen LogP contribution in [0, 0.1) is 0 Å². The fourth-order valence-electron chi connectivity index (χ4n) is 3.71. The van der Waals surface area contributed by atoms with Gasteiger partial charge in [0.05, 0.1) is 25.0 Å². The summed E-state index contributed by atoms with van der Waals surface area (Å²) in [6.45, 7) is 5.21. The summed E-state index contributed by atoms with van der Waals surface area (Å²) < 4.78 is 7.25. The number of anilines is 1. The van der Waals surface area contributed by atoms with Crippen molar-refractivity contribution in [2.75, 3.05) is 38.2 Å². The van der Waals surface area contributed by atoms with Crippen molar-refractivity contribution < 1.29 is 4.74 Å². The van der Waals surface area contributed by atoms with Gasteiger partial charge in [-0.1, -0.05) is 5.21 Å². The van der Waals surface area contributed by atoms with E-state index in [9.17, 15) is 0 Å². The Morgan fingerprint density at radius 3 is 2.68 bits per heavy atom. The van der Waals surface area contributed by atoms with Gasteiger partial charge in [-0.25, -0.2) is 14.6 Å². The molecule has 8 nitrogen and oxygen atoms in total. The molecule has 134 valence electrons. The van der Waals surface area contributed by atoms with Crippen molar-refractivity contribution in [2.24, 2.45) is 0 Å². The van der Waals surface area contributed by atoms with Gasteiger partial charge < -0.3 is 9.64 Å². The van der Waals surface area contributed by atoms with E-state index in [1.807, 2.05) is 6.07 Å². The summed E-state index contributed by atoms with van der Waals surface area (Å²) in [7, 11) is 1.63. The SMILES string of the molecule is COc1cc(N2CCC(n3cc(CN4CCCC4)nn3)CC2)ncn1. The fraction of sp³-hybridized carbons (Fsp3) is 0.647. The third-order valence-corrected chi connectivity index (χ3v) is 5.14. The molecule has 4 rings (SSSR count). The summed E-state index contributed by atoms with van der Waals surface area (Å²) in [5, 5.41) is 8.76. The molecule has 0 aliphatic carbocycles. The van der Waals surface area contributed by atoms with Crippen LogP contribution in [0.1, 0.15) is 37.4 Å². The first-order valence-electron chi connectivity index (χ1n) is 9.06. The van der Waals surface area contributed by atoms with Crippen molar-refractivity contribution in [3.8, 4) is 5.88 Å². The maximum atomic E-state index is 5.19.